The van der Waals surface area contributed by atoms with E-state index in [9.17, 15) is 4.79 Å². The monoisotopic (exact) mass is 422 g/mol. The molecule has 0 atom stereocenters. The third kappa shape index (κ3) is 4.40. The molecule has 0 radical (unpaired) electrons. The maximum atomic E-state index is 11.5. The Kier molecular flexibility index (Phi) is 6.60. The molecule has 0 heterocycles. The fourth-order valence-corrected chi connectivity index (χ4v) is 4.07. The Morgan fingerprint density at radius 3 is 2.06 bits per heavy atom. The van der Waals surface area contributed by atoms with E-state index in [1.165, 1.54) is 11.1 Å². The highest BCUT2D eigenvalue weighted by molar-refractivity contribution is 6.23. The molecule has 3 nitrogen and oxygen atoms in total. The number of carbonyl (C=O) groups is 1. The van der Waals surface area contributed by atoms with Crippen molar-refractivity contribution in [1.82, 2.24) is 0 Å². The number of benzene rings is 3. The molecule has 2 aliphatic rings. The minimum Gasteiger partial charge on any atom is -0.349 e. The highest BCUT2D eigenvalue weighted by Gasteiger charge is 2.32. The van der Waals surface area contributed by atoms with Gasteiger partial charge in [-0.05, 0) is 34.4 Å². The Balaban J connectivity index is 0.000000157. The first-order valence-corrected chi connectivity index (χ1v) is 10.6. The average Bonchev–Trinajstić information content (AvgIpc) is 3.25. The molecule has 0 N–H and O–H groups in total. The molecular weight excluding hydrogens is 396 g/mol. The van der Waals surface area contributed by atoms with Gasteiger partial charge in [0.15, 0.2) is 11.6 Å². The second-order valence-corrected chi connectivity index (χ2v) is 7.64. The third-order valence-electron chi connectivity index (χ3n) is 5.77. The lowest BCUT2D eigenvalue weighted by Gasteiger charge is -2.31. The average molecular weight is 423 g/mol. The molecule has 3 aromatic carbocycles. The molecule has 0 saturated heterocycles. The Bertz CT molecular complexity index is 1170. The van der Waals surface area contributed by atoms with Gasteiger partial charge in [-0.2, -0.15) is 0 Å². The Morgan fingerprint density at radius 2 is 1.38 bits per heavy atom. The lowest BCUT2D eigenvalue weighted by Crippen LogP contribution is -2.33. The van der Waals surface area contributed by atoms with Gasteiger partial charge in [0.1, 0.15) is 0 Å². The summed E-state index contributed by atoms with van der Waals surface area (Å²) >= 11 is 0. The van der Waals surface area contributed by atoms with E-state index in [1.54, 1.807) is 20.3 Å². The molecule has 5 rings (SSSR count). The van der Waals surface area contributed by atoms with Crippen LogP contribution >= 0.6 is 0 Å². The van der Waals surface area contributed by atoms with Crippen molar-refractivity contribution in [3.8, 4) is 0 Å². The molecule has 0 aliphatic heterocycles. The smallest absolute Gasteiger partial charge is 0.198 e. The molecule has 0 fully saturated rings. The van der Waals surface area contributed by atoms with Crippen LogP contribution in [0.3, 0.4) is 0 Å². The first kappa shape index (κ1) is 21.7. The summed E-state index contributed by atoms with van der Waals surface area (Å²) in [6.45, 7) is 0. The Hall–Kier alpha value is -3.53. The van der Waals surface area contributed by atoms with Crippen molar-refractivity contribution in [2.75, 3.05) is 14.2 Å². The molecule has 2 aliphatic carbocycles. The number of rotatable bonds is 5. The molecule has 32 heavy (non-hydrogen) atoms. The minimum atomic E-state index is -0.720. The van der Waals surface area contributed by atoms with E-state index in [1.807, 2.05) is 85.0 Å². The zero-order chi connectivity index (χ0) is 22.4. The number of ketones is 1. The predicted octanol–water partition coefficient (Wildman–Crippen LogP) is 5.98. The molecule has 0 amide bonds. The van der Waals surface area contributed by atoms with Crippen LogP contribution in [-0.4, -0.2) is 20.0 Å². The van der Waals surface area contributed by atoms with E-state index in [4.69, 9.17) is 9.47 Å². The van der Waals surface area contributed by atoms with Crippen molar-refractivity contribution in [2.45, 2.75) is 12.2 Å². The lowest BCUT2D eigenvalue weighted by atomic mass is 9.96. The van der Waals surface area contributed by atoms with Crippen LogP contribution in [0.25, 0.3) is 11.6 Å². The van der Waals surface area contributed by atoms with Crippen molar-refractivity contribution in [1.29, 1.82) is 0 Å². The summed E-state index contributed by atoms with van der Waals surface area (Å²) in [6, 6.07) is 28.3. The fourth-order valence-electron chi connectivity index (χ4n) is 4.07. The normalized spacial score (nSPS) is 14.0. The van der Waals surface area contributed by atoms with Crippen molar-refractivity contribution < 1.29 is 14.3 Å². The molecule has 0 aromatic heterocycles. The van der Waals surface area contributed by atoms with Gasteiger partial charge in [0.25, 0.3) is 0 Å². The van der Waals surface area contributed by atoms with Crippen molar-refractivity contribution in [3.05, 3.63) is 131 Å². The summed E-state index contributed by atoms with van der Waals surface area (Å²) in [5, 5.41) is 0. The van der Waals surface area contributed by atoms with Gasteiger partial charge in [0, 0.05) is 31.8 Å². The maximum absolute atomic E-state index is 11.5. The molecule has 0 bridgehead atoms. The van der Waals surface area contributed by atoms with Gasteiger partial charge >= 0.3 is 0 Å². The largest absolute Gasteiger partial charge is 0.349 e. The molecule has 3 heteroatoms. The van der Waals surface area contributed by atoms with Crippen molar-refractivity contribution in [3.63, 3.8) is 0 Å². The quantitative estimate of drug-likeness (QED) is 0.475. The number of allylic oxidation sites excluding steroid dienone is 5. The van der Waals surface area contributed by atoms with E-state index in [0.717, 1.165) is 22.3 Å². The summed E-state index contributed by atoms with van der Waals surface area (Å²) in [6.07, 6.45) is 8.08. The zero-order valence-corrected chi connectivity index (χ0v) is 18.3. The molecule has 0 saturated carbocycles. The van der Waals surface area contributed by atoms with Gasteiger partial charge in [-0.3, -0.25) is 4.79 Å². The zero-order valence-electron chi connectivity index (χ0n) is 18.3. The van der Waals surface area contributed by atoms with E-state index in [-0.39, 0.29) is 5.78 Å². The van der Waals surface area contributed by atoms with Gasteiger partial charge in [0.2, 0.25) is 0 Å². The number of hydrogen-bond donors (Lipinski definition) is 0. The van der Waals surface area contributed by atoms with Crippen LogP contribution in [0, 0.1) is 0 Å². The fraction of sp³-hybridized carbons (Fsp3) is 0.138. The van der Waals surface area contributed by atoms with Gasteiger partial charge in [0.05, 0.1) is 0 Å². The lowest BCUT2D eigenvalue weighted by molar-refractivity contribution is -0.215. The summed E-state index contributed by atoms with van der Waals surface area (Å²) < 4.78 is 11.3. The topological polar surface area (TPSA) is 35.5 Å². The van der Waals surface area contributed by atoms with E-state index in [0.29, 0.717) is 6.42 Å². The van der Waals surface area contributed by atoms with E-state index < -0.39 is 5.79 Å². The second kappa shape index (κ2) is 9.73. The summed E-state index contributed by atoms with van der Waals surface area (Å²) in [5.41, 5.74) is 6.41. The van der Waals surface area contributed by atoms with Crippen LogP contribution in [0.5, 0.6) is 0 Å². The second-order valence-electron chi connectivity index (χ2n) is 7.64. The van der Waals surface area contributed by atoms with Crippen molar-refractivity contribution in [2.24, 2.45) is 0 Å². The standard InChI is InChI=1S/C16H18O2.C13H8O/c1-17-16(18-2,15-11-7-4-8-12-15)13-14-9-5-3-6-10-14;14-13-7-3-6-11-10-5-2-1-4-9(10)8-12(11)13/h3-12H,13H2,1-2H3;1-8H. The van der Waals surface area contributed by atoms with Crippen LogP contribution in [0.4, 0.5) is 0 Å². The number of methoxy groups -OCH3 is 2. The Labute approximate surface area is 189 Å². The number of hydrogen-bond acceptors (Lipinski definition) is 3. The van der Waals surface area contributed by atoms with E-state index >= 15 is 0 Å². The number of ether oxygens (including phenoxy) is 2. The molecule has 3 aromatic rings. The molecule has 0 spiro atoms. The SMILES string of the molecule is COC(Cc1ccccc1)(OC)c1ccccc1.O=C1C=CC=C2C1=Cc1ccccc12. The van der Waals surface area contributed by atoms with Crippen molar-refractivity contribution >= 4 is 17.4 Å². The van der Waals surface area contributed by atoms with Crippen LogP contribution in [0.1, 0.15) is 22.3 Å². The highest BCUT2D eigenvalue weighted by Crippen LogP contribution is 2.37. The first-order chi connectivity index (χ1) is 15.7. The van der Waals surface area contributed by atoms with E-state index in [2.05, 4.69) is 18.2 Å². The summed E-state index contributed by atoms with van der Waals surface area (Å²) in [4.78, 5) is 11.5. The first-order valence-electron chi connectivity index (χ1n) is 10.6. The van der Waals surface area contributed by atoms with Gasteiger partial charge < -0.3 is 9.47 Å². The Morgan fingerprint density at radius 1 is 0.750 bits per heavy atom. The van der Waals surface area contributed by atoms with Gasteiger partial charge in [-0.25, -0.2) is 0 Å². The van der Waals surface area contributed by atoms with Gasteiger partial charge in [-0.1, -0.05) is 97.1 Å². The highest BCUT2D eigenvalue weighted by atomic mass is 16.7. The summed E-state index contributed by atoms with van der Waals surface area (Å²) in [7, 11) is 3.36. The van der Waals surface area contributed by atoms with Crippen LogP contribution in [0.2, 0.25) is 0 Å². The van der Waals surface area contributed by atoms with Crippen LogP contribution < -0.4 is 0 Å². The number of carbonyl (C=O) groups excluding carboxylic acids is 1. The molecule has 160 valence electrons. The summed E-state index contributed by atoms with van der Waals surface area (Å²) in [5.74, 6) is -0.610. The van der Waals surface area contributed by atoms with Crippen LogP contribution in [-0.2, 0) is 26.5 Å². The molecule has 0 unspecified atom stereocenters. The van der Waals surface area contributed by atoms with Crippen LogP contribution in [0.15, 0.2) is 109 Å². The molecular formula is C29H26O3. The number of fused-ring (bicyclic) bond motifs is 3. The third-order valence-corrected chi connectivity index (χ3v) is 5.77. The maximum Gasteiger partial charge on any atom is 0.198 e. The van der Waals surface area contributed by atoms with Gasteiger partial charge in [-0.15, -0.1) is 0 Å². The predicted molar refractivity (Wildman–Crippen MR) is 129 cm³/mol. The minimum absolute atomic E-state index is 0.110.